The van der Waals surface area contributed by atoms with E-state index in [1.165, 1.54) is 12.1 Å². The van der Waals surface area contributed by atoms with E-state index in [9.17, 15) is 4.39 Å². The number of halogens is 4. The first-order valence-electron chi connectivity index (χ1n) is 4.48. The third-order valence-corrected chi connectivity index (χ3v) is 2.88. The van der Waals surface area contributed by atoms with Crippen LogP contribution in [0.3, 0.4) is 0 Å². The quantitative estimate of drug-likeness (QED) is 0.836. The highest BCUT2D eigenvalue weighted by Crippen LogP contribution is 2.37. The monoisotopic (exact) mass is 291 g/mol. The van der Waals surface area contributed by atoms with Crippen molar-refractivity contribution >= 4 is 34.8 Å². The molecule has 0 saturated carbocycles. The smallest absolute Gasteiger partial charge is 0.153 e. The molecule has 0 aliphatic rings. The predicted molar refractivity (Wildman–Crippen MR) is 66.3 cm³/mol. The van der Waals surface area contributed by atoms with Gasteiger partial charge in [0.2, 0.25) is 0 Å². The molecule has 2 rings (SSSR count). The zero-order valence-corrected chi connectivity index (χ0v) is 10.5. The molecule has 2 aromatic rings. The maximum absolute atomic E-state index is 13.6. The molecule has 17 heavy (non-hydrogen) atoms. The topological polar surface area (TPSA) is 33.1 Å². The Balaban J connectivity index is 2.68. The van der Waals surface area contributed by atoms with E-state index in [1.54, 1.807) is 0 Å². The van der Waals surface area contributed by atoms with Crippen molar-refractivity contribution in [1.29, 1.82) is 0 Å². The number of nitrogens with zero attached hydrogens (tertiary/aromatic N) is 1. The third kappa shape index (κ3) is 2.46. The van der Waals surface area contributed by atoms with Crippen molar-refractivity contribution in [2.45, 2.75) is 0 Å². The van der Waals surface area contributed by atoms with Gasteiger partial charge in [0.1, 0.15) is 11.4 Å². The Kier molecular flexibility index (Phi) is 3.43. The summed E-state index contributed by atoms with van der Waals surface area (Å²) in [6.07, 6.45) is 1.11. The maximum Gasteiger partial charge on any atom is 0.153 e. The molecular formula is C11H5Cl3FNO. The van der Waals surface area contributed by atoms with Gasteiger partial charge in [-0.25, -0.2) is 9.37 Å². The Hall–Kier alpha value is -1.03. The van der Waals surface area contributed by atoms with Crippen LogP contribution < -0.4 is 0 Å². The van der Waals surface area contributed by atoms with Crippen molar-refractivity contribution in [3.63, 3.8) is 0 Å². The maximum atomic E-state index is 13.6. The molecule has 6 heteroatoms. The highest BCUT2D eigenvalue weighted by Gasteiger charge is 2.15. The van der Waals surface area contributed by atoms with Gasteiger partial charge in [0.25, 0.3) is 0 Å². The van der Waals surface area contributed by atoms with Crippen LogP contribution in [0, 0.1) is 5.82 Å². The van der Waals surface area contributed by atoms with Crippen LogP contribution in [-0.2, 0) is 0 Å². The van der Waals surface area contributed by atoms with Gasteiger partial charge in [0, 0.05) is 16.7 Å². The van der Waals surface area contributed by atoms with E-state index >= 15 is 0 Å². The molecule has 1 aromatic carbocycles. The summed E-state index contributed by atoms with van der Waals surface area (Å²) in [6.45, 7) is 0. The lowest BCUT2D eigenvalue weighted by atomic mass is 10.1. The molecule has 0 aliphatic heterocycles. The van der Waals surface area contributed by atoms with Gasteiger partial charge in [-0.3, -0.25) is 0 Å². The Morgan fingerprint density at radius 1 is 1.06 bits per heavy atom. The molecule has 1 aromatic heterocycles. The van der Waals surface area contributed by atoms with E-state index in [0.717, 1.165) is 12.3 Å². The summed E-state index contributed by atoms with van der Waals surface area (Å²) in [5, 5.41) is 9.82. The summed E-state index contributed by atoms with van der Waals surface area (Å²) >= 11 is 17.6. The molecule has 1 N–H and O–H groups in total. The lowest BCUT2D eigenvalue weighted by molar-refractivity contribution is 0.466. The van der Waals surface area contributed by atoms with Crippen molar-refractivity contribution in [3.8, 4) is 17.0 Å². The lowest BCUT2D eigenvalue weighted by Crippen LogP contribution is -1.91. The fraction of sp³-hybridized carbons (Fsp3) is 0. The molecule has 1 heterocycles. The molecule has 0 unspecified atom stereocenters. The number of benzene rings is 1. The molecule has 0 atom stereocenters. The molecule has 0 saturated heterocycles. The van der Waals surface area contributed by atoms with Crippen LogP contribution in [0.5, 0.6) is 5.75 Å². The molecule has 0 spiro atoms. The summed E-state index contributed by atoms with van der Waals surface area (Å²) in [4.78, 5) is 3.76. The molecule has 0 fully saturated rings. The van der Waals surface area contributed by atoms with Gasteiger partial charge in [-0.15, -0.1) is 0 Å². The van der Waals surface area contributed by atoms with Crippen LogP contribution in [0.25, 0.3) is 11.3 Å². The summed E-state index contributed by atoms with van der Waals surface area (Å²) in [5.41, 5.74) is 0.213. The van der Waals surface area contributed by atoms with Gasteiger partial charge in [0.05, 0.1) is 16.2 Å². The van der Waals surface area contributed by atoms with Crippen LogP contribution in [0.15, 0.2) is 24.4 Å². The standard InChI is InChI=1S/C11H5Cl3FNO/c12-5-1-7(13)10(8(14)2-5)11-9(15)3-6(17)4-16-11/h1-4,17H. The molecule has 0 aliphatic carbocycles. The number of rotatable bonds is 1. The van der Waals surface area contributed by atoms with Crippen molar-refractivity contribution in [2.75, 3.05) is 0 Å². The first-order valence-corrected chi connectivity index (χ1v) is 5.62. The van der Waals surface area contributed by atoms with E-state index in [4.69, 9.17) is 39.9 Å². The Labute approximate surface area is 112 Å². The zero-order valence-electron chi connectivity index (χ0n) is 8.22. The SMILES string of the molecule is Oc1cnc(-c2c(Cl)cc(Cl)cc2Cl)c(F)c1. The van der Waals surface area contributed by atoms with Crippen molar-refractivity contribution < 1.29 is 9.50 Å². The Bertz CT molecular complexity index is 566. The van der Waals surface area contributed by atoms with Crippen LogP contribution in [0.1, 0.15) is 0 Å². The molecular weight excluding hydrogens is 287 g/mol. The number of hydrogen-bond acceptors (Lipinski definition) is 2. The minimum absolute atomic E-state index is 0.0329. The highest BCUT2D eigenvalue weighted by atomic mass is 35.5. The molecule has 2 nitrogen and oxygen atoms in total. The lowest BCUT2D eigenvalue weighted by Gasteiger charge is -2.08. The third-order valence-electron chi connectivity index (χ3n) is 2.07. The largest absolute Gasteiger partial charge is 0.506 e. The second kappa shape index (κ2) is 4.69. The van der Waals surface area contributed by atoms with Gasteiger partial charge in [-0.1, -0.05) is 34.8 Å². The van der Waals surface area contributed by atoms with Crippen molar-refractivity contribution in [3.05, 3.63) is 45.3 Å². The molecule has 0 bridgehead atoms. The fourth-order valence-electron chi connectivity index (χ4n) is 1.38. The van der Waals surface area contributed by atoms with Crippen molar-refractivity contribution in [1.82, 2.24) is 4.98 Å². The van der Waals surface area contributed by atoms with E-state index < -0.39 is 5.82 Å². The number of aromatic hydroxyl groups is 1. The average Bonchev–Trinajstić information content (AvgIpc) is 2.19. The summed E-state index contributed by atoms with van der Waals surface area (Å²) < 4.78 is 13.6. The normalized spacial score (nSPS) is 10.6. The summed E-state index contributed by atoms with van der Waals surface area (Å²) in [5.74, 6) is -0.983. The van der Waals surface area contributed by atoms with Gasteiger partial charge in [-0.2, -0.15) is 0 Å². The van der Waals surface area contributed by atoms with Gasteiger partial charge >= 0.3 is 0 Å². The fourth-order valence-corrected chi connectivity index (χ4v) is 2.38. The van der Waals surface area contributed by atoms with Crippen LogP contribution in [-0.4, -0.2) is 10.1 Å². The molecule has 0 radical (unpaired) electrons. The first-order chi connectivity index (χ1) is 7.99. The van der Waals surface area contributed by atoms with Crippen LogP contribution >= 0.6 is 34.8 Å². The molecule has 88 valence electrons. The van der Waals surface area contributed by atoms with Gasteiger partial charge < -0.3 is 5.11 Å². The van der Waals surface area contributed by atoms with E-state index in [0.29, 0.717) is 5.02 Å². The van der Waals surface area contributed by atoms with E-state index in [-0.39, 0.29) is 27.1 Å². The van der Waals surface area contributed by atoms with E-state index in [2.05, 4.69) is 4.98 Å². The number of pyridine rings is 1. The second-order valence-corrected chi connectivity index (χ2v) is 4.52. The van der Waals surface area contributed by atoms with Crippen molar-refractivity contribution in [2.24, 2.45) is 0 Å². The molecule has 0 amide bonds. The minimum atomic E-state index is -0.712. The predicted octanol–water partition coefficient (Wildman–Crippen LogP) is 4.55. The summed E-state index contributed by atoms with van der Waals surface area (Å²) in [6, 6.07) is 3.82. The zero-order chi connectivity index (χ0) is 12.6. The van der Waals surface area contributed by atoms with Gasteiger partial charge in [0.15, 0.2) is 5.82 Å². The highest BCUT2D eigenvalue weighted by molar-refractivity contribution is 6.41. The second-order valence-electron chi connectivity index (χ2n) is 3.27. The first kappa shape index (κ1) is 12.4. The van der Waals surface area contributed by atoms with Crippen LogP contribution in [0.2, 0.25) is 15.1 Å². The number of hydrogen-bond donors (Lipinski definition) is 1. The number of aromatic nitrogens is 1. The Morgan fingerprint density at radius 2 is 1.65 bits per heavy atom. The van der Waals surface area contributed by atoms with E-state index in [1.807, 2.05) is 0 Å². The van der Waals surface area contributed by atoms with Gasteiger partial charge in [-0.05, 0) is 12.1 Å². The minimum Gasteiger partial charge on any atom is -0.506 e. The van der Waals surface area contributed by atoms with Crippen LogP contribution in [0.4, 0.5) is 4.39 Å². The summed E-state index contributed by atoms with van der Waals surface area (Å²) in [7, 11) is 0. The Morgan fingerprint density at radius 3 is 2.18 bits per heavy atom. The average molecular weight is 293 g/mol.